The number of fused-ring (bicyclic) bond motifs is 1. The van der Waals surface area contributed by atoms with Gasteiger partial charge >= 0.3 is 0 Å². The molecule has 4 heterocycles. The van der Waals surface area contributed by atoms with E-state index in [9.17, 15) is 4.79 Å². The van der Waals surface area contributed by atoms with Crippen LogP contribution < -0.4 is 0 Å². The van der Waals surface area contributed by atoms with Crippen LogP contribution in [0.4, 0.5) is 0 Å². The fourth-order valence-electron chi connectivity index (χ4n) is 3.09. The highest BCUT2D eigenvalue weighted by Gasteiger charge is 2.27. The van der Waals surface area contributed by atoms with Crippen LogP contribution in [-0.4, -0.2) is 38.8 Å². The van der Waals surface area contributed by atoms with Gasteiger partial charge < -0.3 is 9.88 Å². The number of pyridine rings is 1. The van der Waals surface area contributed by atoms with Gasteiger partial charge in [0.05, 0.1) is 11.7 Å². The summed E-state index contributed by atoms with van der Waals surface area (Å²) in [4.78, 5) is 26.5. The summed E-state index contributed by atoms with van der Waals surface area (Å²) in [5, 5.41) is 1.15. The molecule has 1 saturated heterocycles. The van der Waals surface area contributed by atoms with E-state index >= 15 is 0 Å². The molecule has 5 nitrogen and oxygen atoms in total. The normalized spacial score (nSPS) is 18.2. The summed E-state index contributed by atoms with van der Waals surface area (Å²) >= 11 is 1.41. The molecule has 0 spiro atoms. The molecule has 0 bridgehead atoms. The Labute approximate surface area is 132 Å². The Morgan fingerprint density at radius 3 is 3.27 bits per heavy atom. The molecule has 1 atom stereocenters. The van der Waals surface area contributed by atoms with E-state index in [1.54, 1.807) is 11.7 Å². The van der Waals surface area contributed by atoms with Gasteiger partial charge in [-0.3, -0.25) is 9.78 Å². The Morgan fingerprint density at radius 2 is 2.41 bits per heavy atom. The second kappa shape index (κ2) is 5.53. The Hall–Kier alpha value is -2.21. The van der Waals surface area contributed by atoms with Crippen molar-refractivity contribution in [3.05, 3.63) is 46.7 Å². The van der Waals surface area contributed by atoms with Gasteiger partial charge in [0.15, 0.2) is 0 Å². The number of carbonyl (C=O) groups is 1. The van der Waals surface area contributed by atoms with Crippen molar-refractivity contribution in [2.75, 3.05) is 13.1 Å². The smallest absolute Gasteiger partial charge is 0.265 e. The van der Waals surface area contributed by atoms with Crippen LogP contribution in [0.15, 0.2) is 36.2 Å². The molecule has 112 valence electrons. The first-order valence-corrected chi connectivity index (χ1v) is 8.27. The highest BCUT2D eigenvalue weighted by Crippen LogP contribution is 2.24. The van der Waals surface area contributed by atoms with Crippen LogP contribution in [0.25, 0.3) is 11.0 Å². The van der Waals surface area contributed by atoms with E-state index in [2.05, 4.69) is 21.0 Å². The molecule has 3 aromatic heterocycles. The van der Waals surface area contributed by atoms with Crippen molar-refractivity contribution in [1.82, 2.24) is 19.9 Å². The summed E-state index contributed by atoms with van der Waals surface area (Å²) in [6.45, 7) is 1.66. The molecule has 1 aliphatic heterocycles. The van der Waals surface area contributed by atoms with Crippen LogP contribution in [0.5, 0.6) is 0 Å². The van der Waals surface area contributed by atoms with Gasteiger partial charge in [0.1, 0.15) is 10.5 Å². The van der Waals surface area contributed by atoms with Crippen molar-refractivity contribution in [3.8, 4) is 0 Å². The summed E-state index contributed by atoms with van der Waals surface area (Å²) in [5.74, 6) is 0.624. The zero-order valence-electron chi connectivity index (χ0n) is 12.0. The van der Waals surface area contributed by atoms with E-state index in [0.717, 1.165) is 41.8 Å². The van der Waals surface area contributed by atoms with Crippen molar-refractivity contribution in [2.24, 2.45) is 5.92 Å². The number of hydrogen-bond acceptors (Lipinski definition) is 4. The number of likely N-dealkylation sites (tertiary alicyclic amines) is 1. The number of rotatable bonds is 3. The van der Waals surface area contributed by atoms with Gasteiger partial charge in [0.25, 0.3) is 5.91 Å². The van der Waals surface area contributed by atoms with E-state index in [0.29, 0.717) is 5.92 Å². The topological polar surface area (TPSA) is 61.9 Å². The molecule has 3 aromatic rings. The summed E-state index contributed by atoms with van der Waals surface area (Å²) in [6, 6.07) is 4.23. The summed E-state index contributed by atoms with van der Waals surface area (Å²) < 4.78 is 0. The average molecular weight is 312 g/mol. The Morgan fingerprint density at radius 1 is 1.45 bits per heavy atom. The lowest BCUT2D eigenvalue weighted by molar-refractivity contribution is 0.0791. The lowest BCUT2D eigenvalue weighted by atomic mass is 9.99. The average Bonchev–Trinajstić information content (AvgIpc) is 3.27. The molecule has 0 aromatic carbocycles. The van der Waals surface area contributed by atoms with Crippen molar-refractivity contribution < 1.29 is 4.79 Å². The molecule has 0 radical (unpaired) electrons. The van der Waals surface area contributed by atoms with Crippen molar-refractivity contribution in [2.45, 2.75) is 12.8 Å². The monoisotopic (exact) mass is 312 g/mol. The standard InChI is InChI=1S/C16H16N4OS/c21-16(14-8-17-10-22-14)20-4-2-11(9-20)5-12-6-13-1-3-18-15(13)19-7-12/h1,3,6-8,10-11H,2,4-5,9H2,(H,18,19)/t11-/m1/s1. The van der Waals surface area contributed by atoms with Gasteiger partial charge in [-0.25, -0.2) is 4.98 Å². The van der Waals surface area contributed by atoms with E-state index in [1.807, 2.05) is 23.4 Å². The largest absolute Gasteiger partial charge is 0.346 e. The van der Waals surface area contributed by atoms with Crippen molar-refractivity contribution in [3.63, 3.8) is 0 Å². The van der Waals surface area contributed by atoms with Gasteiger partial charge in [-0.05, 0) is 36.5 Å². The molecule has 1 N–H and O–H groups in total. The van der Waals surface area contributed by atoms with Crippen molar-refractivity contribution >= 4 is 28.3 Å². The Balaban J connectivity index is 1.43. The SMILES string of the molecule is O=C(c1cncs1)N1CC[C@H](Cc2cnc3[nH]ccc3c2)C1. The van der Waals surface area contributed by atoms with Gasteiger partial charge in [-0.1, -0.05) is 0 Å². The predicted octanol–water partition coefficient (Wildman–Crippen LogP) is 2.72. The second-order valence-electron chi connectivity index (χ2n) is 5.73. The van der Waals surface area contributed by atoms with Crippen LogP contribution in [0.3, 0.4) is 0 Å². The number of carbonyl (C=O) groups excluding carboxylic acids is 1. The van der Waals surface area contributed by atoms with Gasteiger partial charge in [-0.2, -0.15) is 0 Å². The quantitative estimate of drug-likeness (QED) is 0.809. The van der Waals surface area contributed by atoms with Gasteiger partial charge in [-0.15, -0.1) is 11.3 Å². The predicted molar refractivity (Wildman–Crippen MR) is 85.9 cm³/mol. The van der Waals surface area contributed by atoms with Crippen molar-refractivity contribution in [1.29, 1.82) is 0 Å². The van der Waals surface area contributed by atoms with Crippen LogP contribution in [-0.2, 0) is 6.42 Å². The molecular formula is C16H16N4OS. The number of nitrogens with zero attached hydrogens (tertiary/aromatic N) is 3. The first kappa shape index (κ1) is 13.5. The van der Waals surface area contributed by atoms with Gasteiger partial charge in [0.2, 0.25) is 0 Å². The summed E-state index contributed by atoms with van der Waals surface area (Å²) in [7, 11) is 0. The van der Waals surface area contributed by atoms with Crippen LogP contribution in [0.1, 0.15) is 21.7 Å². The zero-order valence-corrected chi connectivity index (χ0v) is 12.8. The summed E-state index contributed by atoms with van der Waals surface area (Å²) in [6.07, 6.45) is 7.53. The van der Waals surface area contributed by atoms with Crippen LogP contribution in [0.2, 0.25) is 0 Å². The third-order valence-corrected chi connectivity index (χ3v) is 4.96. The fourth-order valence-corrected chi connectivity index (χ4v) is 3.68. The fraction of sp³-hybridized carbons (Fsp3) is 0.312. The maximum absolute atomic E-state index is 12.3. The highest BCUT2D eigenvalue weighted by atomic mass is 32.1. The van der Waals surface area contributed by atoms with E-state index < -0.39 is 0 Å². The third-order valence-electron chi connectivity index (χ3n) is 4.20. The molecule has 1 fully saturated rings. The van der Waals surface area contributed by atoms with E-state index in [4.69, 9.17) is 0 Å². The Bertz CT molecular complexity index is 795. The maximum Gasteiger partial charge on any atom is 0.265 e. The second-order valence-corrected chi connectivity index (χ2v) is 6.62. The Kier molecular flexibility index (Phi) is 3.38. The number of aromatic amines is 1. The minimum atomic E-state index is 0.115. The number of aromatic nitrogens is 3. The van der Waals surface area contributed by atoms with Gasteiger partial charge in [0, 0.05) is 30.9 Å². The molecule has 0 aliphatic carbocycles. The molecule has 0 unspecified atom stereocenters. The van der Waals surface area contributed by atoms with E-state index in [1.165, 1.54) is 16.9 Å². The third kappa shape index (κ3) is 2.50. The number of nitrogens with one attached hydrogen (secondary N) is 1. The minimum Gasteiger partial charge on any atom is -0.346 e. The first-order chi connectivity index (χ1) is 10.8. The highest BCUT2D eigenvalue weighted by molar-refractivity contribution is 7.11. The van der Waals surface area contributed by atoms with Crippen LogP contribution >= 0.6 is 11.3 Å². The van der Waals surface area contributed by atoms with Crippen LogP contribution in [0, 0.1) is 5.92 Å². The first-order valence-electron chi connectivity index (χ1n) is 7.39. The molecule has 4 rings (SSSR count). The summed E-state index contributed by atoms with van der Waals surface area (Å²) in [5.41, 5.74) is 3.87. The maximum atomic E-state index is 12.3. The molecule has 1 amide bonds. The van der Waals surface area contributed by atoms with E-state index in [-0.39, 0.29) is 5.91 Å². The lowest BCUT2D eigenvalue weighted by Gasteiger charge is -2.15. The number of amides is 1. The molecule has 1 aliphatic rings. The molecule has 6 heteroatoms. The number of H-pyrrole nitrogens is 1. The molecular weight excluding hydrogens is 296 g/mol. The lowest BCUT2D eigenvalue weighted by Crippen LogP contribution is -2.28. The molecule has 22 heavy (non-hydrogen) atoms. The zero-order chi connectivity index (χ0) is 14.9. The number of thiazole rings is 1. The molecule has 0 saturated carbocycles. The minimum absolute atomic E-state index is 0.115. The number of hydrogen-bond donors (Lipinski definition) is 1.